The van der Waals surface area contributed by atoms with E-state index in [1.54, 1.807) is 31.4 Å². The van der Waals surface area contributed by atoms with Gasteiger partial charge in [-0.15, -0.1) is 5.10 Å². The Morgan fingerprint density at radius 3 is 2.29 bits per heavy atom. The van der Waals surface area contributed by atoms with E-state index in [0.29, 0.717) is 17.0 Å². The Kier molecular flexibility index (Phi) is 6.80. The molecule has 2 aromatic carbocycles. The predicted molar refractivity (Wildman–Crippen MR) is 120 cm³/mol. The van der Waals surface area contributed by atoms with Crippen LogP contribution >= 0.6 is 0 Å². The van der Waals surface area contributed by atoms with E-state index < -0.39 is 20.0 Å². The smallest absolute Gasteiger partial charge is 0.251 e. The predicted octanol–water partition coefficient (Wildman–Crippen LogP) is 1.72. The molecule has 0 spiro atoms. The van der Waals surface area contributed by atoms with Crippen molar-refractivity contribution in [3.63, 3.8) is 0 Å². The van der Waals surface area contributed by atoms with Gasteiger partial charge in [-0.2, -0.15) is 0 Å². The zero-order chi connectivity index (χ0) is 22.4. The van der Waals surface area contributed by atoms with E-state index in [9.17, 15) is 9.59 Å². The molecule has 0 fully saturated rings. The lowest BCUT2D eigenvalue weighted by Crippen LogP contribution is -2.39. The summed E-state index contributed by atoms with van der Waals surface area (Å²) in [7, 11) is 0.134. The number of methoxy groups -OCH3 is 1. The van der Waals surface area contributed by atoms with Crippen molar-refractivity contribution in [3.05, 3.63) is 60.4 Å². The van der Waals surface area contributed by atoms with Gasteiger partial charge in [0.15, 0.2) is 0 Å². The molecule has 9 nitrogen and oxygen atoms in total. The van der Waals surface area contributed by atoms with Gasteiger partial charge in [0.1, 0.15) is 24.7 Å². The first-order valence-electron chi connectivity index (χ1n) is 9.82. The highest BCUT2D eigenvalue weighted by Gasteiger charge is 2.24. The molecular formula is C21H26N6O3Si. The van der Waals surface area contributed by atoms with Crippen LogP contribution in [0.3, 0.4) is 0 Å². The minimum absolute atomic E-state index is 0.0994. The molecule has 1 aromatic heterocycles. The molecule has 3 aromatic rings. The number of carbonyl (C=O) groups is 2. The molecular weight excluding hydrogens is 412 g/mol. The summed E-state index contributed by atoms with van der Waals surface area (Å²) in [5, 5.41) is 17.7. The zero-order valence-corrected chi connectivity index (χ0v) is 19.0. The van der Waals surface area contributed by atoms with Crippen LogP contribution in [-0.2, 0) is 16.1 Å². The SMILES string of the molecule is COc1ccc(C(NC(=O)Cn2cnnn2)C(=O)Nc2ccc([Si](C)(C)C)cc2)cc1. The van der Waals surface area contributed by atoms with Crippen LogP contribution in [0.5, 0.6) is 5.75 Å². The summed E-state index contributed by atoms with van der Waals surface area (Å²) < 4.78 is 6.47. The number of tetrazole rings is 1. The van der Waals surface area contributed by atoms with Gasteiger partial charge in [0.05, 0.1) is 15.2 Å². The van der Waals surface area contributed by atoms with E-state index in [-0.39, 0.29) is 12.5 Å². The average molecular weight is 439 g/mol. The van der Waals surface area contributed by atoms with Crippen LogP contribution in [0.4, 0.5) is 5.69 Å². The second-order valence-electron chi connectivity index (χ2n) is 8.10. The van der Waals surface area contributed by atoms with Gasteiger partial charge in [-0.1, -0.05) is 49.1 Å². The normalized spacial score (nSPS) is 12.1. The Hall–Kier alpha value is -3.53. The molecule has 162 valence electrons. The summed E-state index contributed by atoms with van der Waals surface area (Å²) in [6, 6.07) is 13.9. The summed E-state index contributed by atoms with van der Waals surface area (Å²) in [5.41, 5.74) is 1.29. The van der Waals surface area contributed by atoms with Gasteiger partial charge >= 0.3 is 0 Å². The number of rotatable bonds is 8. The van der Waals surface area contributed by atoms with Crippen LogP contribution < -0.4 is 20.6 Å². The van der Waals surface area contributed by atoms with E-state index in [2.05, 4.69) is 45.8 Å². The number of benzene rings is 2. The number of ether oxygens (including phenoxy) is 1. The zero-order valence-electron chi connectivity index (χ0n) is 18.0. The van der Waals surface area contributed by atoms with Crippen LogP contribution in [-0.4, -0.2) is 47.2 Å². The third-order valence-electron chi connectivity index (χ3n) is 4.73. The maximum Gasteiger partial charge on any atom is 0.251 e. The average Bonchev–Trinajstić information content (AvgIpc) is 3.25. The molecule has 31 heavy (non-hydrogen) atoms. The van der Waals surface area contributed by atoms with Crippen LogP contribution in [0, 0.1) is 0 Å². The molecule has 0 radical (unpaired) electrons. The number of anilines is 1. The highest BCUT2D eigenvalue weighted by Crippen LogP contribution is 2.20. The van der Waals surface area contributed by atoms with Crippen molar-refractivity contribution < 1.29 is 14.3 Å². The summed E-state index contributed by atoms with van der Waals surface area (Å²) in [6.45, 7) is 6.69. The molecule has 0 aliphatic rings. The van der Waals surface area contributed by atoms with Crippen molar-refractivity contribution in [1.82, 2.24) is 25.5 Å². The Bertz CT molecular complexity index is 1010. The van der Waals surface area contributed by atoms with E-state index in [1.807, 2.05) is 24.3 Å². The third-order valence-corrected chi connectivity index (χ3v) is 6.80. The van der Waals surface area contributed by atoms with Crippen LogP contribution in [0.1, 0.15) is 11.6 Å². The lowest BCUT2D eigenvalue weighted by Gasteiger charge is -2.20. The Morgan fingerprint density at radius 2 is 1.74 bits per heavy atom. The summed E-state index contributed by atoms with van der Waals surface area (Å²) in [5.74, 6) is -0.0850. The number of hydrogen-bond donors (Lipinski definition) is 2. The molecule has 0 saturated heterocycles. The molecule has 10 heteroatoms. The van der Waals surface area contributed by atoms with Gasteiger partial charge in [-0.3, -0.25) is 9.59 Å². The monoisotopic (exact) mass is 438 g/mol. The minimum atomic E-state index is -1.43. The number of aromatic nitrogens is 4. The number of hydrogen-bond acceptors (Lipinski definition) is 6. The Balaban J connectivity index is 1.78. The third kappa shape index (κ3) is 5.98. The second-order valence-corrected chi connectivity index (χ2v) is 13.2. The quantitative estimate of drug-likeness (QED) is 0.518. The first kappa shape index (κ1) is 22.2. The molecule has 1 heterocycles. The van der Waals surface area contributed by atoms with Gasteiger partial charge in [0.25, 0.3) is 5.91 Å². The lowest BCUT2D eigenvalue weighted by molar-refractivity contribution is -0.127. The van der Waals surface area contributed by atoms with Crippen molar-refractivity contribution in [2.45, 2.75) is 32.2 Å². The van der Waals surface area contributed by atoms with Gasteiger partial charge < -0.3 is 15.4 Å². The maximum atomic E-state index is 13.1. The summed E-state index contributed by atoms with van der Waals surface area (Å²) in [6.07, 6.45) is 1.34. The fourth-order valence-electron chi connectivity index (χ4n) is 2.97. The molecule has 1 atom stereocenters. The minimum Gasteiger partial charge on any atom is -0.497 e. The number of nitrogens with zero attached hydrogens (tertiary/aromatic N) is 4. The van der Waals surface area contributed by atoms with Crippen LogP contribution in [0.15, 0.2) is 54.9 Å². The van der Waals surface area contributed by atoms with Crippen molar-refractivity contribution in [1.29, 1.82) is 0 Å². The topological polar surface area (TPSA) is 111 Å². The standard InChI is InChI=1S/C21H26N6O3Si/c1-30-17-9-5-15(6-10-17)20(24-19(28)13-27-14-22-25-26-27)21(29)23-16-7-11-18(12-8-16)31(2,3)4/h5-12,14,20H,13H2,1-4H3,(H,23,29)(H,24,28). The van der Waals surface area contributed by atoms with Crippen LogP contribution in [0.25, 0.3) is 0 Å². The summed E-state index contributed by atoms with van der Waals surface area (Å²) in [4.78, 5) is 25.6. The van der Waals surface area contributed by atoms with Crippen molar-refractivity contribution in [2.75, 3.05) is 12.4 Å². The summed E-state index contributed by atoms with van der Waals surface area (Å²) >= 11 is 0. The second kappa shape index (κ2) is 9.52. The fourth-order valence-corrected chi connectivity index (χ4v) is 4.14. The van der Waals surface area contributed by atoms with E-state index in [0.717, 1.165) is 0 Å². The first-order valence-corrected chi connectivity index (χ1v) is 13.3. The first-order chi connectivity index (χ1) is 14.8. The van der Waals surface area contributed by atoms with E-state index in [1.165, 1.54) is 16.2 Å². The van der Waals surface area contributed by atoms with Gasteiger partial charge in [-0.05, 0) is 40.3 Å². The lowest BCUT2D eigenvalue weighted by atomic mass is 10.1. The number of amides is 2. The maximum absolute atomic E-state index is 13.1. The molecule has 2 N–H and O–H groups in total. The molecule has 1 unspecified atom stereocenters. The largest absolute Gasteiger partial charge is 0.497 e. The van der Waals surface area contributed by atoms with E-state index in [4.69, 9.17) is 4.74 Å². The van der Waals surface area contributed by atoms with Crippen molar-refractivity contribution >= 4 is 30.8 Å². The highest BCUT2D eigenvalue weighted by molar-refractivity contribution is 6.88. The van der Waals surface area contributed by atoms with Gasteiger partial charge in [0, 0.05) is 5.69 Å². The van der Waals surface area contributed by atoms with Crippen LogP contribution in [0.2, 0.25) is 19.6 Å². The fraction of sp³-hybridized carbons (Fsp3) is 0.286. The molecule has 0 aliphatic heterocycles. The van der Waals surface area contributed by atoms with Gasteiger partial charge in [0.2, 0.25) is 5.91 Å². The number of carbonyl (C=O) groups excluding carboxylic acids is 2. The molecule has 0 aliphatic carbocycles. The highest BCUT2D eigenvalue weighted by atomic mass is 28.3. The molecule has 3 rings (SSSR count). The Morgan fingerprint density at radius 1 is 1.06 bits per heavy atom. The molecule has 2 amide bonds. The van der Waals surface area contributed by atoms with E-state index >= 15 is 0 Å². The molecule has 0 bridgehead atoms. The van der Waals surface area contributed by atoms with Crippen molar-refractivity contribution in [2.24, 2.45) is 0 Å². The number of nitrogens with one attached hydrogen (secondary N) is 2. The van der Waals surface area contributed by atoms with Gasteiger partial charge in [-0.25, -0.2) is 4.68 Å². The molecule has 0 saturated carbocycles. The van der Waals surface area contributed by atoms with Crippen molar-refractivity contribution in [3.8, 4) is 5.75 Å². The Labute approximate surface area is 181 Å².